The number of nitrogens with zero attached hydrogens (tertiary/aromatic N) is 5. The van der Waals surface area contributed by atoms with Gasteiger partial charge in [-0.15, -0.1) is 0 Å². The second-order valence-corrected chi connectivity index (χ2v) is 7.18. The average Bonchev–Trinajstić information content (AvgIpc) is 3.23. The first kappa shape index (κ1) is 17.4. The highest BCUT2D eigenvalue weighted by molar-refractivity contribution is 5.88. The van der Waals surface area contributed by atoms with Crippen LogP contribution in [0, 0.1) is 6.07 Å². The molecule has 1 aromatic carbocycles. The minimum atomic E-state index is -4.38. The van der Waals surface area contributed by atoms with Crippen LogP contribution in [0.4, 0.5) is 19.0 Å². The average molecular weight is 388 g/mol. The van der Waals surface area contributed by atoms with Crippen LogP contribution in [-0.4, -0.2) is 51.2 Å². The Morgan fingerprint density at radius 1 is 1.11 bits per heavy atom. The van der Waals surface area contributed by atoms with E-state index >= 15 is 0 Å². The second kappa shape index (κ2) is 6.44. The molecule has 2 bridgehead atoms. The number of hydrogen-bond acceptors (Lipinski definition) is 5. The monoisotopic (exact) mass is 388 g/mol. The molecule has 3 aromatic rings. The van der Waals surface area contributed by atoms with Gasteiger partial charge in [-0.05, 0) is 18.9 Å². The van der Waals surface area contributed by atoms with Gasteiger partial charge in [0.15, 0.2) is 11.5 Å². The predicted molar refractivity (Wildman–Crippen MR) is 95.8 cm³/mol. The van der Waals surface area contributed by atoms with Crippen LogP contribution in [0.25, 0.3) is 22.4 Å². The highest BCUT2D eigenvalue weighted by atomic mass is 19.4. The summed E-state index contributed by atoms with van der Waals surface area (Å²) in [5.74, 6) is 0.987. The zero-order chi connectivity index (χ0) is 19.3. The minimum absolute atomic E-state index is 0.128. The topological polar surface area (TPSA) is 56.1 Å². The van der Waals surface area contributed by atoms with Gasteiger partial charge in [-0.3, -0.25) is 0 Å². The summed E-state index contributed by atoms with van der Waals surface area (Å²) >= 11 is 0. The molecule has 0 spiro atoms. The predicted octanol–water partition coefficient (Wildman–Crippen LogP) is 3.22. The Bertz CT molecular complexity index is 992. The molecule has 0 aliphatic carbocycles. The lowest BCUT2D eigenvalue weighted by Crippen LogP contribution is -2.43. The van der Waals surface area contributed by atoms with Crippen LogP contribution in [0.5, 0.6) is 0 Å². The molecule has 9 heteroatoms. The Balaban J connectivity index is 1.65. The Kier molecular flexibility index (Phi) is 4.01. The molecule has 2 atom stereocenters. The standard InChI is InChI=1S/C19H17F3N5O/c20-19(21,22)11-27-18-15(8-23-27)17(26-9-13-6-7-14(10-26)28-13)24-16(25-18)12-4-2-1-3-5-12/h2-5,8,13-14H,6-7,9-11H2. The van der Waals surface area contributed by atoms with E-state index in [1.165, 1.54) is 6.20 Å². The van der Waals surface area contributed by atoms with Gasteiger partial charge in [-0.2, -0.15) is 18.3 Å². The third kappa shape index (κ3) is 3.19. The molecule has 1 radical (unpaired) electrons. The van der Waals surface area contributed by atoms with Gasteiger partial charge in [0.1, 0.15) is 12.4 Å². The van der Waals surface area contributed by atoms with Crippen molar-refractivity contribution in [3.05, 3.63) is 36.5 Å². The molecule has 2 saturated heterocycles. The fourth-order valence-corrected chi connectivity index (χ4v) is 3.92. The fraction of sp³-hybridized carbons (Fsp3) is 0.421. The highest BCUT2D eigenvalue weighted by Crippen LogP contribution is 2.34. The Hall–Kier alpha value is -2.68. The molecule has 2 fully saturated rings. The molecule has 2 aromatic heterocycles. The smallest absolute Gasteiger partial charge is 0.371 e. The van der Waals surface area contributed by atoms with E-state index in [0.29, 0.717) is 30.1 Å². The lowest BCUT2D eigenvalue weighted by Gasteiger charge is -2.33. The normalized spacial score (nSPS) is 22.2. The molecule has 2 aliphatic rings. The van der Waals surface area contributed by atoms with Crippen molar-refractivity contribution in [2.45, 2.75) is 37.8 Å². The van der Waals surface area contributed by atoms with Crippen LogP contribution < -0.4 is 4.90 Å². The molecule has 2 aliphatic heterocycles. The van der Waals surface area contributed by atoms with Gasteiger partial charge in [-0.1, -0.05) is 24.3 Å². The summed E-state index contributed by atoms with van der Waals surface area (Å²) in [6, 6.07) is 9.96. The summed E-state index contributed by atoms with van der Waals surface area (Å²) < 4.78 is 45.8. The molecule has 2 unspecified atom stereocenters. The van der Waals surface area contributed by atoms with Crippen LogP contribution in [0.3, 0.4) is 0 Å². The molecule has 6 nitrogen and oxygen atoms in total. The highest BCUT2D eigenvalue weighted by Gasteiger charge is 2.36. The number of rotatable bonds is 3. The molecule has 145 valence electrons. The van der Waals surface area contributed by atoms with Gasteiger partial charge < -0.3 is 9.64 Å². The van der Waals surface area contributed by atoms with E-state index in [0.717, 1.165) is 23.1 Å². The molecular weight excluding hydrogens is 371 g/mol. The first-order valence-corrected chi connectivity index (χ1v) is 9.13. The van der Waals surface area contributed by atoms with E-state index in [2.05, 4.69) is 21.0 Å². The maximum Gasteiger partial charge on any atom is 0.408 e. The van der Waals surface area contributed by atoms with E-state index in [1.807, 2.05) is 0 Å². The van der Waals surface area contributed by atoms with Crippen LogP contribution >= 0.6 is 0 Å². The summed E-state index contributed by atoms with van der Waals surface area (Å²) in [6.07, 6.45) is -0.721. The summed E-state index contributed by atoms with van der Waals surface area (Å²) in [5, 5.41) is 4.48. The van der Waals surface area contributed by atoms with Crippen molar-refractivity contribution in [2.75, 3.05) is 18.0 Å². The van der Waals surface area contributed by atoms with Crippen LogP contribution in [0.15, 0.2) is 30.5 Å². The first-order chi connectivity index (χ1) is 13.5. The number of alkyl halides is 3. The summed E-state index contributed by atoms with van der Waals surface area (Å²) in [7, 11) is 0. The SMILES string of the molecule is FC(F)(F)Cn1ncc2c(N3CC4CCC(C3)O4)nc(-c3cc[c]cc3)nc21. The minimum Gasteiger partial charge on any atom is -0.371 e. The Morgan fingerprint density at radius 2 is 1.82 bits per heavy atom. The zero-order valence-electron chi connectivity index (χ0n) is 14.9. The fourth-order valence-electron chi connectivity index (χ4n) is 3.92. The molecule has 4 heterocycles. The number of halogens is 3. The van der Waals surface area contributed by atoms with Crippen molar-refractivity contribution < 1.29 is 17.9 Å². The molecule has 5 rings (SSSR count). The molecule has 0 amide bonds. The van der Waals surface area contributed by atoms with Crippen LogP contribution in [-0.2, 0) is 11.3 Å². The van der Waals surface area contributed by atoms with E-state index in [4.69, 9.17) is 9.72 Å². The quantitative estimate of drug-likeness (QED) is 0.690. The third-order valence-corrected chi connectivity index (χ3v) is 5.12. The maximum absolute atomic E-state index is 13.0. The largest absolute Gasteiger partial charge is 0.408 e. The van der Waals surface area contributed by atoms with Crippen molar-refractivity contribution >= 4 is 16.9 Å². The van der Waals surface area contributed by atoms with E-state index in [1.54, 1.807) is 24.3 Å². The van der Waals surface area contributed by atoms with E-state index in [-0.39, 0.29) is 17.9 Å². The Morgan fingerprint density at radius 3 is 2.50 bits per heavy atom. The number of benzene rings is 1. The van der Waals surface area contributed by atoms with Gasteiger partial charge in [0.2, 0.25) is 0 Å². The second-order valence-electron chi connectivity index (χ2n) is 7.18. The number of morpholine rings is 1. The van der Waals surface area contributed by atoms with Crippen molar-refractivity contribution in [3.63, 3.8) is 0 Å². The van der Waals surface area contributed by atoms with Crippen molar-refractivity contribution in [1.82, 2.24) is 19.7 Å². The van der Waals surface area contributed by atoms with Gasteiger partial charge in [-0.25, -0.2) is 14.6 Å². The summed E-state index contributed by atoms with van der Waals surface area (Å²) in [6.45, 7) is 0.132. The van der Waals surface area contributed by atoms with E-state index in [9.17, 15) is 13.2 Å². The third-order valence-electron chi connectivity index (χ3n) is 5.12. The van der Waals surface area contributed by atoms with Crippen molar-refractivity contribution in [3.8, 4) is 11.4 Å². The number of aromatic nitrogens is 4. The zero-order valence-corrected chi connectivity index (χ0v) is 14.9. The molecule has 28 heavy (non-hydrogen) atoms. The van der Waals surface area contributed by atoms with Gasteiger partial charge in [0, 0.05) is 18.7 Å². The lowest BCUT2D eigenvalue weighted by atomic mass is 10.2. The van der Waals surface area contributed by atoms with Gasteiger partial charge in [0.25, 0.3) is 0 Å². The lowest BCUT2D eigenvalue weighted by molar-refractivity contribution is -0.141. The van der Waals surface area contributed by atoms with E-state index < -0.39 is 12.7 Å². The first-order valence-electron chi connectivity index (χ1n) is 9.13. The van der Waals surface area contributed by atoms with Gasteiger partial charge >= 0.3 is 6.18 Å². The summed E-state index contributed by atoms with van der Waals surface area (Å²) in [5.41, 5.74) is 0.905. The molecule has 0 N–H and O–H groups in total. The van der Waals surface area contributed by atoms with Gasteiger partial charge in [0.05, 0.1) is 23.8 Å². The summed E-state index contributed by atoms with van der Waals surface area (Å²) in [4.78, 5) is 11.2. The van der Waals surface area contributed by atoms with Crippen LogP contribution in [0.2, 0.25) is 0 Å². The van der Waals surface area contributed by atoms with Crippen LogP contribution in [0.1, 0.15) is 12.8 Å². The van der Waals surface area contributed by atoms with Crippen molar-refractivity contribution in [2.24, 2.45) is 0 Å². The molecular formula is C19H17F3N5O. The number of fused-ring (bicyclic) bond motifs is 3. The van der Waals surface area contributed by atoms with Crippen molar-refractivity contribution in [1.29, 1.82) is 0 Å². The maximum atomic E-state index is 13.0. The number of anilines is 1. The Labute approximate surface area is 158 Å². The number of ether oxygens (including phenoxy) is 1. The number of hydrogen-bond donors (Lipinski definition) is 0. The molecule has 0 saturated carbocycles.